The number of alkyl halides is 2. The standard InChI is InChI=1S/C11H15F2N3O2S/c1-2-16-9(17)6-19-10(16)3-7(4-14)11(18)15-5-8(12)13/h7-8,10H,2-3,5-6H2,1H3,(H,15,18). The van der Waals surface area contributed by atoms with Crippen LogP contribution in [0.15, 0.2) is 0 Å². The van der Waals surface area contributed by atoms with Crippen LogP contribution in [0.2, 0.25) is 0 Å². The molecule has 0 saturated carbocycles. The topological polar surface area (TPSA) is 73.2 Å². The Hall–Kier alpha value is -1.36. The smallest absolute Gasteiger partial charge is 0.255 e. The predicted molar refractivity (Wildman–Crippen MR) is 66.4 cm³/mol. The van der Waals surface area contributed by atoms with Crippen molar-refractivity contribution in [3.8, 4) is 6.07 Å². The Morgan fingerprint density at radius 3 is 2.89 bits per heavy atom. The van der Waals surface area contributed by atoms with E-state index in [1.807, 2.05) is 12.2 Å². The van der Waals surface area contributed by atoms with E-state index in [2.05, 4.69) is 0 Å². The van der Waals surface area contributed by atoms with E-state index in [0.29, 0.717) is 12.3 Å². The molecule has 2 unspecified atom stereocenters. The molecule has 0 radical (unpaired) electrons. The molecule has 1 fully saturated rings. The Balaban J connectivity index is 2.55. The number of hydrogen-bond donors (Lipinski definition) is 1. The summed E-state index contributed by atoms with van der Waals surface area (Å²) in [4.78, 5) is 24.6. The molecule has 0 spiro atoms. The molecule has 0 bridgehead atoms. The van der Waals surface area contributed by atoms with Crippen LogP contribution in [0.4, 0.5) is 8.78 Å². The average molecular weight is 291 g/mol. The van der Waals surface area contributed by atoms with Crippen molar-refractivity contribution in [3.63, 3.8) is 0 Å². The van der Waals surface area contributed by atoms with Crippen molar-refractivity contribution >= 4 is 23.6 Å². The molecule has 1 N–H and O–H groups in total. The van der Waals surface area contributed by atoms with Gasteiger partial charge in [0.1, 0.15) is 5.92 Å². The van der Waals surface area contributed by atoms with Gasteiger partial charge in [0.25, 0.3) is 6.43 Å². The first-order chi connectivity index (χ1) is 8.99. The number of nitrogens with zero attached hydrogens (tertiary/aromatic N) is 2. The maximum absolute atomic E-state index is 12.0. The zero-order valence-electron chi connectivity index (χ0n) is 10.4. The number of nitriles is 1. The normalized spacial score (nSPS) is 20.5. The molecule has 0 aromatic heterocycles. The Morgan fingerprint density at radius 2 is 2.37 bits per heavy atom. The van der Waals surface area contributed by atoms with Gasteiger partial charge in [-0.2, -0.15) is 5.26 Å². The van der Waals surface area contributed by atoms with E-state index in [4.69, 9.17) is 5.26 Å². The molecule has 0 aromatic carbocycles. The van der Waals surface area contributed by atoms with E-state index in [1.54, 1.807) is 11.0 Å². The Kier molecular flexibility index (Phi) is 6.02. The molecule has 19 heavy (non-hydrogen) atoms. The minimum atomic E-state index is -2.64. The lowest BCUT2D eigenvalue weighted by Gasteiger charge is -2.23. The molecular weight excluding hydrogens is 276 g/mol. The summed E-state index contributed by atoms with van der Waals surface area (Å²) in [5.41, 5.74) is 0. The third-order valence-electron chi connectivity index (χ3n) is 2.75. The lowest BCUT2D eigenvalue weighted by Crippen LogP contribution is -2.38. The van der Waals surface area contributed by atoms with E-state index in [-0.39, 0.29) is 17.7 Å². The quantitative estimate of drug-likeness (QED) is 0.786. The molecule has 106 valence electrons. The van der Waals surface area contributed by atoms with Crippen LogP contribution in [0.3, 0.4) is 0 Å². The van der Waals surface area contributed by atoms with E-state index in [9.17, 15) is 18.4 Å². The second-order valence-electron chi connectivity index (χ2n) is 4.00. The van der Waals surface area contributed by atoms with Gasteiger partial charge < -0.3 is 10.2 Å². The lowest BCUT2D eigenvalue weighted by molar-refractivity contribution is -0.129. The highest BCUT2D eigenvalue weighted by atomic mass is 32.2. The molecule has 1 rings (SSSR count). The summed E-state index contributed by atoms with van der Waals surface area (Å²) >= 11 is 1.37. The summed E-state index contributed by atoms with van der Waals surface area (Å²) in [6, 6.07) is 1.80. The van der Waals surface area contributed by atoms with Gasteiger partial charge in [-0.3, -0.25) is 9.59 Å². The Morgan fingerprint density at radius 1 is 1.68 bits per heavy atom. The van der Waals surface area contributed by atoms with E-state index in [1.165, 1.54) is 11.8 Å². The molecule has 1 saturated heterocycles. The Labute approximate surface area is 114 Å². The number of hydrogen-bond acceptors (Lipinski definition) is 4. The van der Waals surface area contributed by atoms with Crippen LogP contribution < -0.4 is 5.32 Å². The van der Waals surface area contributed by atoms with Crippen LogP contribution in [-0.4, -0.2) is 47.4 Å². The Bertz CT molecular complexity index is 387. The zero-order valence-corrected chi connectivity index (χ0v) is 11.3. The van der Waals surface area contributed by atoms with Crippen molar-refractivity contribution in [2.24, 2.45) is 5.92 Å². The SMILES string of the molecule is CCN1C(=O)CSC1CC(C#N)C(=O)NCC(F)F. The number of carbonyl (C=O) groups is 2. The minimum absolute atomic E-state index is 0.0258. The van der Waals surface area contributed by atoms with Gasteiger partial charge in [-0.05, 0) is 6.92 Å². The minimum Gasteiger partial charge on any atom is -0.349 e. The summed E-state index contributed by atoms with van der Waals surface area (Å²) in [6.07, 6.45) is -2.48. The van der Waals surface area contributed by atoms with Crippen LogP contribution in [0.25, 0.3) is 0 Å². The van der Waals surface area contributed by atoms with Gasteiger partial charge in [0, 0.05) is 13.0 Å². The number of carbonyl (C=O) groups excluding carboxylic acids is 2. The highest BCUT2D eigenvalue weighted by Gasteiger charge is 2.34. The first-order valence-corrected chi connectivity index (χ1v) is 6.91. The number of halogens is 2. The summed E-state index contributed by atoms with van der Waals surface area (Å²) in [5, 5.41) is 10.7. The summed E-state index contributed by atoms with van der Waals surface area (Å²) in [5.74, 6) is -1.42. The summed E-state index contributed by atoms with van der Waals surface area (Å²) < 4.78 is 24.0. The van der Waals surface area contributed by atoms with Crippen LogP contribution in [0, 0.1) is 17.2 Å². The number of thioether (sulfide) groups is 1. The summed E-state index contributed by atoms with van der Waals surface area (Å²) in [7, 11) is 0. The second kappa shape index (κ2) is 7.28. The molecule has 1 aliphatic rings. The number of rotatable bonds is 6. The molecule has 5 nitrogen and oxygen atoms in total. The molecule has 2 amide bonds. The monoisotopic (exact) mass is 291 g/mol. The first-order valence-electron chi connectivity index (χ1n) is 5.86. The predicted octanol–water partition coefficient (Wildman–Crippen LogP) is 0.819. The molecule has 2 atom stereocenters. The summed E-state index contributed by atoms with van der Waals surface area (Å²) in [6.45, 7) is 1.56. The molecule has 0 aliphatic carbocycles. The van der Waals surface area contributed by atoms with Gasteiger partial charge in [-0.1, -0.05) is 0 Å². The molecule has 8 heteroatoms. The maximum Gasteiger partial charge on any atom is 0.255 e. The number of amides is 2. The van der Waals surface area contributed by atoms with Crippen LogP contribution in [0.1, 0.15) is 13.3 Å². The van der Waals surface area contributed by atoms with Gasteiger partial charge in [-0.15, -0.1) is 11.8 Å². The van der Waals surface area contributed by atoms with Crippen molar-refractivity contribution in [2.45, 2.75) is 25.1 Å². The molecule has 1 heterocycles. The molecule has 1 aliphatic heterocycles. The van der Waals surface area contributed by atoms with Crippen molar-refractivity contribution in [2.75, 3.05) is 18.8 Å². The third kappa shape index (κ3) is 4.35. The largest absolute Gasteiger partial charge is 0.349 e. The van der Waals surface area contributed by atoms with Crippen molar-refractivity contribution < 1.29 is 18.4 Å². The van der Waals surface area contributed by atoms with Crippen molar-refractivity contribution in [3.05, 3.63) is 0 Å². The van der Waals surface area contributed by atoms with Gasteiger partial charge in [0.15, 0.2) is 0 Å². The van der Waals surface area contributed by atoms with E-state index in [0.717, 1.165) is 0 Å². The van der Waals surface area contributed by atoms with Crippen LogP contribution >= 0.6 is 11.8 Å². The zero-order chi connectivity index (χ0) is 14.4. The maximum atomic E-state index is 12.0. The fourth-order valence-electron chi connectivity index (χ4n) is 1.80. The molecular formula is C11H15F2N3O2S. The lowest BCUT2D eigenvalue weighted by atomic mass is 10.1. The highest BCUT2D eigenvalue weighted by molar-refractivity contribution is 8.00. The van der Waals surface area contributed by atoms with Gasteiger partial charge in [0.2, 0.25) is 11.8 Å². The van der Waals surface area contributed by atoms with Crippen LogP contribution in [0.5, 0.6) is 0 Å². The van der Waals surface area contributed by atoms with Gasteiger partial charge in [-0.25, -0.2) is 8.78 Å². The van der Waals surface area contributed by atoms with Crippen molar-refractivity contribution in [1.82, 2.24) is 10.2 Å². The highest BCUT2D eigenvalue weighted by Crippen LogP contribution is 2.29. The second-order valence-corrected chi connectivity index (χ2v) is 5.17. The molecule has 0 aromatic rings. The van der Waals surface area contributed by atoms with Crippen molar-refractivity contribution in [1.29, 1.82) is 5.26 Å². The van der Waals surface area contributed by atoms with Gasteiger partial charge in [0.05, 0.1) is 23.7 Å². The third-order valence-corrected chi connectivity index (χ3v) is 3.99. The van der Waals surface area contributed by atoms with E-state index < -0.39 is 24.8 Å². The fraction of sp³-hybridized carbons (Fsp3) is 0.727. The fourth-order valence-corrected chi connectivity index (χ4v) is 3.07. The average Bonchev–Trinajstić information content (AvgIpc) is 2.73. The number of nitrogens with one attached hydrogen (secondary N) is 1. The van der Waals surface area contributed by atoms with Crippen LogP contribution in [-0.2, 0) is 9.59 Å². The van der Waals surface area contributed by atoms with E-state index >= 15 is 0 Å². The van der Waals surface area contributed by atoms with Gasteiger partial charge >= 0.3 is 0 Å². The first kappa shape index (κ1) is 15.7.